The van der Waals surface area contributed by atoms with Crippen molar-refractivity contribution in [1.82, 2.24) is 29.4 Å². The molecule has 4 aromatic rings. The topological polar surface area (TPSA) is 78.0 Å². The van der Waals surface area contributed by atoms with Crippen LogP contribution < -0.4 is 0 Å². The third kappa shape index (κ3) is 8.42. The molecule has 1 N–H and O–H groups in total. The van der Waals surface area contributed by atoms with E-state index in [0.717, 1.165) is 67.2 Å². The van der Waals surface area contributed by atoms with Gasteiger partial charge in [0.2, 0.25) is 0 Å². The average molecular weight is 517 g/mol. The fourth-order valence-electron chi connectivity index (χ4n) is 4.51. The second-order valence-electron chi connectivity index (χ2n) is 9.47. The zero-order valence-corrected chi connectivity index (χ0v) is 22.6. The molecule has 8 heteroatoms. The summed E-state index contributed by atoms with van der Waals surface area (Å²) in [5.74, 6) is 1.04. The number of H-pyrrole nitrogens is 1. The number of rotatable bonds is 15. The van der Waals surface area contributed by atoms with Gasteiger partial charge in [0.15, 0.2) is 5.78 Å². The lowest BCUT2D eigenvalue weighted by atomic mass is 10.0. The smallest absolute Gasteiger partial charge is 0.167 e. The van der Waals surface area contributed by atoms with E-state index in [4.69, 9.17) is 0 Å². The van der Waals surface area contributed by atoms with E-state index in [0.29, 0.717) is 19.5 Å². The van der Waals surface area contributed by atoms with Crippen LogP contribution >= 0.6 is 11.5 Å². The number of nitrogens with one attached hydrogen (secondary N) is 1. The molecule has 0 fully saturated rings. The van der Waals surface area contributed by atoms with Gasteiger partial charge in [-0.15, -0.1) is 5.10 Å². The van der Waals surface area contributed by atoms with Crippen LogP contribution in [-0.4, -0.2) is 48.2 Å². The summed E-state index contributed by atoms with van der Waals surface area (Å²) in [6, 6.07) is 16.5. The van der Waals surface area contributed by atoms with Crippen molar-refractivity contribution in [1.29, 1.82) is 0 Å². The number of imidazole rings is 1. The van der Waals surface area contributed by atoms with Gasteiger partial charge in [0.05, 0.1) is 12.2 Å². The van der Waals surface area contributed by atoms with Crippen molar-refractivity contribution in [3.8, 4) is 0 Å². The van der Waals surface area contributed by atoms with Crippen molar-refractivity contribution in [3.05, 3.63) is 100 Å². The number of hydrogen-bond acceptors (Lipinski definition) is 7. The molecule has 194 valence electrons. The minimum atomic E-state index is 0.138. The van der Waals surface area contributed by atoms with Crippen molar-refractivity contribution in [2.75, 3.05) is 13.1 Å². The molecule has 0 aliphatic rings. The van der Waals surface area contributed by atoms with Crippen molar-refractivity contribution in [2.45, 2.75) is 59.3 Å². The second kappa shape index (κ2) is 13.9. The minimum Gasteiger partial charge on any atom is -0.348 e. The quantitative estimate of drug-likeness (QED) is 0.210. The highest BCUT2D eigenvalue weighted by Crippen LogP contribution is 2.16. The molecule has 4 rings (SSSR count). The first-order valence-corrected chi connectivity index (χ1v) is 13.9. The zero-order valence-electron chi connectivity index (χ0n) is 21.8. The molecule has 0 saturated heterocycles. The number of carbonyl (C=O) groups is 1. The van der Waals surface area contributed by atoms with Gasteiger partial charge in [0.1, 0.15) is 5.82 Å². The van der Waals surface area contributed by atoms with Crippen molar-refractivity contribution < 1.29 is 4.79 Å². The van der Waals surface area contributed by atoms with Crippen LogP contribution in [0.15, 0.2) is 66.3 Å². The molecular weight excluding hydrogens is 480 g/mol. The van der Waals surface area contributed by atoms with Crippen molar-refractivity contribution in [2.24, 2.45) is 0 Å². The van der Waals surface area contributed by atoms with E-state index in [1.54, 1.807) is 6.20 Å². The Bertz CT molecular complexity index is 1150. The number of Topliss-reactive ketones (excluding diaryl/α,β-unsaturated/α-hetero) is 1. The number of aromatic amines is 1. The Balaban J connectivity index is 1.34. The first kappa shape index (κ1) is 26.9. The Hall–Kier alpha value is -3.20. The third-order valence-corrected chi connectivity index (χ3v) is 6.83. The molecule has 7 nitrogen and oxygen atoms in total. The largest absolute Gasteiger partial charge is 0.348 e. The van der Waals surface area contributed by atoms with Crippen LogP contribution in [0.25, 0.3) is 0 Å². The normalized spacial score (nSPS) is 11.5. The number of hydrogen-bond donors (Lipinski definition) is 1. The number of benzene rings is 2. The summed E-state index contributed by atoms with van der Waals surface area (Å²) < 4.78 is 3.98. The van der Waals surface area contributed by atoms with E-state index in [1.165, 1.54) is 17.1 Å². The summed E-state index contributed by atoms with van der Waals surface area (Å²) in [6.07, 6.45) is 6.33. The van der Waals surface area contributed by atoms with Gasteiger partial charge in [0, 0.05) is 49.4 Å². The Morgan fingerprint density at radius 1 is 0.838 bits per heavy atom. The number of aromatic nitrogens is 4. The highest BCUT2D eigenvalue weighted by molar-refractivity contribution is 7.03. The summed E-state index contributed by atoms with van der Waals surface area (Å²) >= 11 is 1.36. The fourth-order valence-corrected chi connectivity index (χ4v) is 4.95. The first-order chi connectivity index (χ1) is 18.1. The van der Waals surface area contributed by atoms with Crippen LogP contribution in [-0.2, 0) is 32.6 Å². The summed E-state index contributed by atoms with van der Waals surface area (Å²) in [5.41, 5.74) is 5.18. The van der Waals surface area contributed by atoms with Crippen LogP contribution in [0.2, 0.25) is 0 Å². The van der Waals surface area contributed by atoms with Crippen LogP contribution in [0.4, 0.5) is 0 Å². The van der Waals surface area contributed by atoms with Crippen LogP contribution in [0, 0.1) is 0 Å². The van der Waals surface area contributed by atoms with Gasteiger partial charge in [0.25, 0.3) is 0 Å². The SMILES string of the molecule is CCCN(CCC)Cc1ccc(CC(=O)c2ccc(CN(Cc3csnn3)Cc3ncc[nH]3)cc2)cc1. The Morgan fingerprint density at radius 2 is 1.49 bits per heavy atom. The molecule has 0 radical (unpaired) electrons. The lowest BCUT2D eigenvalue weighted by Crippen LogP contribution is -2.24. The van der Waals surface area contributed by atoms with E-state index >= 15 is 0 Å². The summed E-state index contributed by atoms with van der Waals surface area (Å²) in [6.45, 7) is 9.73. The van der Waals surface area contributed by atoms with Gasteiger partial charge < -0.3 is 4.98 Å². The van der Waals surface area contributed by atoms with E-state index < -0.39 is 0 Å². The summed E-state index contributed by atoms with van der Waals surface area (Å²) in [7, 11) is 0. The molecule has 0 spiro atoms. The van der Waals surface area contributed by atoms with Gasteiger partial charge in [-0.25, -0.2) is 4.98 Å². The van der Waals surface area contributed by atoms with Crippen LogP contribution in [0.1, 0.15) is 65.3 Å². The van der Waals surface area contributed by atoms with E-state index in [-0.39, 0.29) is 5.78 Å². The zero-order chi connectivity index (χ0) is 25.9. The molecule has 0 saturated carbocycles. The maximum atomic E-state index is 13.0. The van der Waals surface area contributed by atoms with Gasteiger partial charge in [-0.05, 0) is 54.2 Å². The van der Waals surface area contributed by atoms with E-state index in [2.05, 4.69) is 67.5 Å². The molecule has 0 unspecified atom stereocenters. The molecular formula is C29H36N6OS. The van der Waals surface area contributed by atoms with Crippen molar-refractivity contribution >= 4 is 17.3 Å². The average Bonchev–Trinajstić information content (AvgIpc) is 3.61. The number of ketones is 1. The highest BCUT2D eigenvalue weighted by atomic mass is 32.1. The monoisotopic (exact) mass is 516 g/mol. The molecule has 0 aliphatic carbocycles. The maximum Gasteiger partial charge on any atom is 0.167 e. The molecule has 0 aliphatic heterocycles. The Morgan fingerprint density at radius 3 is 2.08 bits per heavy atom. The Labute approximate surface area is 223 Å². The van der Waals surface area contributed by atoms with Crippen molar-refractivity contribution in [3.63, 3.8) is 0 Å². The lowest BCUT2D eigenvalue weighted by Gasteiger charge is -2.21. The molecule has 2 heterocycles. The Kier molecular flexibility index (Phi) is 10.1. The second-order valence-corrected chi connectivity index (χ2v) is 10.1. The van der Waals surface area contributed by atoms with Crippen LogP contribution in [0.5, 0.6) is 0 Å². The predicted molar refractivity (Wildman–Crippen MR) is 148 cm³/mol. The number of carbonyl (C=O) groups excluding carboxylic acids is 1. The highest BCUT2D eigenvalue weighted by Gasteiger charge is 2.13. The minimum absolute atomic E-state index is 0.138. The summed E-state index contributed by atoms with van der Waals surface area (Å²) in [5, 5.41) is 6.16. The molecule has 2 aromatic carbocycles. The third-order valence-electron chi connectivity index (χ3n) is 6.27. The van der Waals surface area contributed by atoms with E-state index in [9.17, 15) is 4.79 Å². The summed E-state index contributed by atoms with van der Waals surface area (Å²) in [4.78, 5) is 25.2. The van der Waals surface area contributed by atoms with E-state index in [1.807, 2.05) is 35.8 Å². The molecule has 0 amide bonds. The first-order valence-electron chi connectivity index (χ1n) is 13.0. The molecule has 0 atom stereocenters. The lowest BCUT2D eigenvalue weighted by molar-refractivity contribution is 0.0993. The van der Waals surface area contributed by atoms with Crippen LogP contribution in [0.3, 0.4) is 0 Å². The van der Waals surface area contributed by atoms with Gasteiger partial charge in [-0.1, -0.05) is 66.9 Å². The maximum absolute atomic E-state index is 13.0. The standard InChI is InChI=1S/C29H36N6OS/c1-3-15-34(16-4-2)18-24-7-5-23(6-8-24)17-28(36)26-11-9-25(10-12-26)19-35(20-27-22-37-33-32-27)21-29-30-13-14-31-29/h5-14,22H,3-4,15-21H2,1-2H3,(H,30,31). The molecule has 0 bridgehead atoms. The predicted octanol–water partition coefficient (Wildman–Crippen LogP) is 5.51. The molecule has 2 aromatic heterocycles. The number of nitrogens with zero attached hydrogens (tertiary/aromatic N) is 5. The van der Waals surface area contributed by atoms with Gasteiger partial charge in [-0.2, -0.15) is 0 Å². The fraction of sp³-hybridized carbons (Fsp3) is 0.379. The van der Waals surface area contributed by atoms with Gasteiger partial charge in [-0.3, -0.25) is 14.6 Å². The van der Waals surface area contributed by atoms with Gasteiger partial charge >= 0.3 is 0 Å². The molecule has 37 heavy (non-hydrogen) atoms.